The number of amides is 1. The van der Waals surface area contributed by atoms with Gasteiger partial charge in [-0.15, -0.1) is 0 Å². The molecule has 0 radical (unpaired) electrons. The van der Waals surface area contributed by atoms with E-state index in [-0.39, 0.29) is 12.0 Å². The predicted octanol–water partition coefficient (Wildman–Crippen LogP) is 1.29. The Labute approximate surface area is 132 Å². The van der Waals surface area contributed by atoms with Crippen LogP contribution in [0.5, 0.6) is 0 Å². The second kappa shape index (κ2) is 8.27. The number of ether oxygens (including phenoxy) is 1. The molecular weight excluding hydrogens is 280 g/mol. The Hall–Kier alpha value is -1.43. The smallest absolute Gasteiger partial charge is 0.251 e. The van der Waals surface area contributed by atoms with Crippen molar-refractivity contribution in [2.24, 2.45) is 0 Å². The van der Waals surface area contributed by atoms with Crippen molar-refractivity contribution >= 4 is 5.91 Å². The number of nitrogens with zero attached hydrogens (tertiary/aromatic N) is 2. The highest BCUT2D eigenvalue weighted by atomic mass is 16.5. The summed E-state index contributed by atoms with van der Waals surface area (Å²) in [6, 6.07) is 9.69. The van der Waals surface area contributed by atoms with Crippen molar-refractivity contribution in [1.82, 2.24) is 9.80 Å². The van der Waals surface area contributed by atoms with E-state index < -0.39 is 6.10 Å². The fourth-order valence-electron chi connectivity index (χ4n) is 2.75. The number of hydrogen-bond acceptors (Lipinski definition) is 4. The van der Waals surface area contributed by atoms with Crippen molar-refractivity contribution in [3.8, 4) is 0 Å². The van der Waals surface area contributed by atoms with Crippen LogP contribution in [0.1, 0.15) is 25.5 Å². The Kier molecular flexibility index (Phi) is 6.36. The van der Waals surface area contributed by atoms with Crippen LogP contribution in [0.3, 0.4) is 0 Å². The Balaban J connectivity index is 1.79. The van der Waals surface area contributed by atoms with Crippen LogP contribution in [0.4, 0.5) is 0 Å². The summed E-state index contributed by atoms with van der Waals surface area (Å²) in [6.07, 6.45) is -0.850. The molecule has 2 unspecified atom stereocenters. The van der Waals surface area contributed by atoms with Gasteiger partial charge in [0.15, 0.2) is 0 Å². The first-order valence-electron chi connectivity index (χ1n) is 7.97. The van der Waals surface area contributed by atoms with Crippen LogP contribution in [0.15, 0.2) is 30.3 Å². The second-order valence-corrected chi connectivity index (χ2v) is 5.65. The molecule has 2 atom stereocenters. The average Bonchev–Trinajstić information content (AvgIpc) is 2.56. The number of aliphatic hydroxyl groups is 1. The molecule has 1 amide bonds. The third-order valence-electron chi connectivity index (χ3n) is 4.06. The Morgan fingerprint density at radius 3 is 2.45 bits per heavy atom. The number of rotatable bonds is 6. The first-order valence-corrected chi connectivity index (χ1v) is 7.97. The molecule has 1 aromatic carbocycles. The van der Waals surface area contributed by atoms with Gasteiger partial charge in [0.2, 0.25) is 0 Å². The summed E-state index contributed by atoms with van der Waals surface area (Å²) in [6.45, 7) is 7.81. The average molecular weight is 306 g/mol. The number of piperazine rings is 1. The van der Waals surface area contributed by atoms with E-state index in [1.807, 2.05) is 42.2 Å². The summed E-state index contributed by atoms with van der Waals surface area (Å²) in [7, 11) is 0. The molecule has 122 valence electrons. The Bertz CT molecular complexity index is 458. The molecule has 0 bridgehead atoms. The molecule has 1 aliphatic rings. The zero-order valence-corrected chi connectivity index (χ0v) is 13.4. The molecule has 1 N–H and O–H groups in total. The van der Waals surface area contributed by atoms with E-state index >= 15 is 0 Å². The largest absolute Gasteiger partial charge is 0.387 e. The third kappa shape index (κ3) is 4.53. The zero-order valence-electron chi connectivity index (χ0n) is 13.4. The van der Waals surface area contributed by atoms with Crippen molar-refractivity contribution < 1.29 is 14.6 Å². The lowest BCUT2D eigenvalue weighted by atomic mass is 10.1. The quantitative estimate of drug-likeness (QED) is 0.860. The second-order valence-electron chi connectivity index (χ2n) is 5.65. The van der Waals surface area contributed by atoms with Crippen molar-refractivity contribution in [2.75, 3.05) is 39.3 Å². The highest BCUT2D eigenvalue weighted by molar-refractivity contribution is 5.80. The van der Waals surface area contributed by atoms with Gasteiger partial charge in [0.25, 0.3) is 5.91 Å². The minimum absolute atomic E-state index is 0.0603. The Morgan fingerprint density at radius 1 is 1.23 bits per heavy atom. The summed E-state index contributed by atoms with van der Waals surface area (Å²) in [4.78, 5) is 16.2. The van der Waals surface area contributed by atoms with Gasteiger partial charge in [0.1, 0.15) is 6.10 Å². The van der Waals surface area contributed by atoms with Crippen LogP contribution in [-0.4, -0.2) is 66.2 Å². The Morgan fingerprint density at radius 2 is 1.86 bits per heavy atom. The van der Waals surface area contributed by atoms with Crippen molar-refractivity contribution in [3.05, 3.63) is 35.9 Å². The van der Waals surface area contributed by atoms with Gasteiger partial charge in [-0.2, -0.15) is 0 Å². The van der Waals surface area contributed by atoms with Gasteiger partial charge in [-0.05, 0) is 19.4 Å². The molecule has 2 rings (SSSR count). The monoisotopic (exact) mass is 306 g/mol. The molecular formula is C17H26N2O3. The van der Waals surface area contributed by atoms with Gasteiger partial charge >= 0.3 is 0 Å². The normalized spacial score (nSPS) is 19.0. The summed E-state index contributed by atoms with van der Waals surface area (Å²) >= 11 is 0. The van der Waals surface area contributed by atoms with E-state index in [4.69, 9.17) is 4.74 Å². The fourth-order valence-corrected chi connectivity index (χ4v) is 2.75. The highest BCUT2D eigenvalue weighted by Gasteiger charge is 2.26. The van der Waals surface area contributed by atoms with Crippen LogP contribution < -0.4 is 0 Å². The van der Waals surface area contributed by atoms with Gasteiger partial charge in [-0.1, -0.05) is 30.3 Å². The van der Waals surface area contributed by atoms with Gasteiger partial charge in [0, 0.05) is 39.3 Å². The maximum atomic E-state index is 12.2. The van der Waals surface area contributed by atoms with E-state index in [1.165, 1.54) is 0 Å². The minimum Gasteiger partial charge on any atom is -0.387 e. The van der Waals surface area contributed by atoms with Gasteiger partial charge < -0.3 is 14.7 Å². The summed E-state index contributed by atoms with van der Waals surface area (Å²) in [5, 5.41) is 10.3. The van der Waals surface area contributed by atoms with Crippen LogP contribution in [0.2, 0.25) is 0 Å². The molecule has 22 heavy (non-hydrogen) atoms. The van der Waals surface area contributed by atoms with Crippen molar-refractivity contribution in [3.63, 3.8) is 0 Å². The van der Waals surface area contributed by atoms with Gasteiger partial charge in [0.05, 0.1) is 6.10 Å². The molecule has 5 nitrogen and oxygen atoms in total. The van der Waals surface area contributed by atoms with E-state index in [2.05, 4.69) is 4.90 Å². The number of hydrogen-bond donors (Lipinski definition) is 1. The molecule has 5 heteroatoms. The first-order chi connectivity index (χ1) is 10.6. The van der Waals surface area contributed by atoms with Crippen LogP contribution in [0.25, 0.3) is 0 Å². The van der Waals surface area contributed by atoms with Gasteiger partial charge in [-0.25, -0.2) is 0 Å². The van der Waals surface area contributed by atoms with Crippen LogP contribution in [0, 0.1) is 0 Å². The maximum Gasteiger partial charge on any atom is 0.251 e. The number of β-amino-alcohol motifs (C(OH)–C–C–N with tert-alkyl or cyclic N) is 1. The van der Waals surface area contributed by atoms with E-state index in [0.29, 0.717) is 26.2 Å². The predicted molar refractivity (Wildman–Crippen MR) is 85.5 cm³/mol. The summed E-state index contributed by atoms with van der Waals surface area (Å²) in [5.74, 6) is 0.0603. The zero-order chi connectivity index (χ0) is 15.9. The lowest BCUT2D eigenvalue weighted by Crippen LogP contribution is -2.52. The van der Waals surface area contributed by atoms with E-state index in [9.17, 15) is 9.90 Å². The lowest BCUT2D eigenvalue weighted by molar-refractivity contribution is -0.144. The molecule has 0 spiro atoms. The van der Waals surface area contributed by atoms with Crippen LogP contribution >= 0.6 is 0 Å². The van der Waals surface area contributed by atoms with Crippen LogP contribution in [-0.2, 0) is 9.53 Å². The molecule has 0 aliphatic carbocycles. The van der Waals surface area contributed by atoms with E-state index in [1.54, 1.807) is 6.92 Å². The molecule has 1 heterocycles. The SMILES string of the molecule is CCOC(C)C(=O)N1CCN(CC(O)c2ccccc2)CC1. The van der Waals surface area contributed by atoms with Gasteiger partial charge in [-0.3, -0.25) is 9.69 Å². The van der Waals surface area contributed by atoms with E-state index in [0.717, 1.165) is 18.7 Å². The summed E-state index contributed by atoms with van der Waals surface area (Å²) in [5.41, 5.74) is 0.936. The molecule has 1 aromatic rings. The molecule has 1 aliphatic heterocycles. The first kappa shape index (κ1) is 16.9. The van der Waals surface area contributed by atoms with Crippen molar-refractivity contribution in [2.45, 2.75) is 26.1 Å². The highest BCUT2D eigenvalue weighted by Crippen LogP contribution is 2.15. The topological polar surface area (TPSA) is 53.0 Å². The molecule has 0 aromatic heterocycles. The number of carbonyl (C=O) groups is 1. The van der Waals surface area contributed by atoms with Crippen molar-refractivity contribution in [1.29, 1.82) is 0 Å². The standard InChI is InChI=1S/C17H26N2O3/c1-3-22-14(2)17(21)19-11-9-18(10-12-19)13-16(20)15-7-5-4-6-8-15/h4-8,14,16,20H,3,9-13H2,1-2H3. The fraction of sp³-hybridized carbons (Fsp3) is 0.588. The lowest BCUT2D eigenvalue weighted by Gasteiger charge is -2.36. The third-order valence-corrected chi connectivity index (χ3v) is 4.06. The number of aliphatic hydroxyl groups excluding tert-OH is 1. The summed E-state index contributed by atoms with van der Waals surface area (Å²) < 4.78 is 5.36. The number of benzene rings is 1. The number of carbonyl (C=O) groups excluding carboxylic acids is 1. The minimum atomic E-state index is -0.481. The molecule has 1 saturated heterocycles. The molecule has 1 fully saturated rings. The molecule has 0 saturated carbocycles. The maximum absolute atomic E-state index is 12.2.